The first-order chi connectivity index (χ1) is 8.41. The van der Waals surface area contributed by atoms with E-state index in [1.165, 1.54) is 11.3 Å². The normalized spacial score (nSPS) is 24.3. The smallest absolute Gasteiger partial charge is 0.225 e. The van der Waals surface area contributed by atoms with Gasteiger partial charge in [0.25, 0.3) is 0 Å². The summed E-state index contributed by atoms with van der Waals surface area (Å²) >= 11 is 0. The van der Waals surface area contributed by atoms with Crippen LogP contribution in [-0.4, -0.2) is 47.2 Å². The van der Waals surface area contributed by atoms with Crippen molar-refractivity contribution in [1.82, 2.24) is 9.80 Å². The third-order valence-corrected chi connectivity index (χ3v) is 3.92. The minimum Gasteiger partial charge on any atom is -0.335 e. The minimum atomic E-state index is 0.0771. The number of carbonyl (C=O) groups is 1. The summed E-state index contributed by atoms with van der Waals surface area (Å²) in [4.78, 5) is 21.0. The largest absolute Gasteiger partial charge is 0.335 e. The van der Waals surface area contributed by atoms with Crippen LogP contribution in [0.25, 0.3) is 0 Å². The van der Waals surface area contributed by atoms with Crippen LogP contribution >= 0.6 is 0 Å². The molecule has 1 fully saturated rings. The fourth-order valence-electron chi connectivity index (χ4n) is 2.64. The molecule has 1 amide bonds. The first kappa shape index (κ1) is 13.1. The van der Waals surface area contributed by atoms with Gasteiger partial charge < -0.3 is 9.80 Å². The Labute approximate surface area is 109 Å². The lowest BCUT2D eigenvalue weighted by Gasteiger charge is -2.42. The lowest BCUT2D eigenvalue weighted by molar-refractivity contribution is -0.135. The van der Waals surface area contributed by atoms with E-state index < -0.39 is 0 Å². The number of amidine groups is 1. The van der Waals surface area contributed by atoms with Crippen molar-refractivity contribution in [1.29, 1.82) is 0 Å². The van der Waals surface area contributed by atoms with Gasteiger partial charge in [-0.1, -0.05) is 13.8 Å². The molecular formula is C14H23N3O. The number of nitrogens with zero attached hydrogens (tertiary/aromatic N) is 3. The molecular weight excluding hydrogens is 226 g/mol. The molecule has 0 spiro atoms. The van der Waals surface area contributed by atoms with E-state index in [1.807, 2.05) is 18.7 Å². The van der Waals surface area contributed by atoms with Crippen LogP contribution < -0.4 is 0 Å². The van der Waals surface area contributed by atoms with E-state index in [1.54, 1.807) is 0 Å². The van der Waals surface area contributed by atoms with Crippen molar-refractivity contribution in [3.63, 3.8) is 0 Å². The van der Waals surface area contributed by atoms with Gasteiger partial charge >= 0.3 is 0 Å². The lowest BCUT2D eigenvalue weighted by Crippen LogP contribution is -2.51. The van der Waals surface area contributed by atoms with Gasteiger partial charge in [-0.3, -0.25) is 9.79 Å². The van der Waals surface area contributed by atoms with E-state index in [9.17, 15) is 4.79 Å². The molecule has 0 aliphatic carbocycles. The molecule has 0 N–H and O–H groups in total. The second kappa shape index (κ2) is 4.75. The molecule has 0 bridgehead atoms. The second-order valence-corrected chi connectivity index (χ2v) is 5.55. The highest BCUT2D eigenvalue weighted by Gasteiger charge is 2.31. The number of rotatable bonds is 1. The Hall–Kier alpha value is -1.32. The molecule has 18 heavy (non-hydrogen) atoms. The van der Waals surface area contributed by atoms with Crippen molar-refractivity contribution in [3.8, 4) is 0 Å². The number of aliphatic imine (C=N–C) groups is 1. The van der Waals surface area contributed by atoms with Crippen molar-refractivity contribution in [2.75, 3.05) is 19.6 Å². The van der Waals surface area contributed by atoms with Gasteiger partial charge in [0, 0.05) is 24.7 Å². The van der Waals surface area contributed by atoms with Crippen LogP contribution in [0.3, 0.4) is 0 Å². The van der Waals surface area contributed by atoms with Gasteiger partial charge in [0.05, 0.1) is 12.6 Å². The highest BCUT2D eigenvalue weighted by Crippen LogP contribution is 2.26. The van der Waals surface area contributed by atoms with E-state index in [4.69, 9.17) is 0 Å². The highest BCUT2D eigenvalue weighted by molar-refractivity contribution is 5.84. The van der Waals surface area contributed by atoms with E-state index in [0.29, 0.717) is 0 Å². The van der Waals surface area contributed by atoms with Crippen molar-refractivity contribution in [3.05, 3.63) is 11.3 Å². The fourth-order valence-corrected chi connectivity index (χ4v) is 2.64. The number of carbonyl (C=O) groups excluding carboxylic acids is 1. The molecule has 2 heterocycles. The maximum Gasteiger partial charge on any atom is 0.225 e. The highest BCUT2D eigenvalue weighted by atomic mass is 16.2. The third kappa shape index (κ3) is 2.16. The molecule has 0 aromatic carbocycles. The van der Waals surface area contributed by atoms with Crippen LogP contribution in [0.5, 0.6) is 0 Å². The first-order valence-corrected chi connectivity index (χ1v) is 6.72. The average molecular weight is 249 g/mol. The van der Waals surface area contributed by atoms with Crippen molar-refractivity contribution in [2.24, 2.45) is 10.9 Å². The number of fused-ring (bicyclic) bond motifs is 1. The molecule has 0 unspecified atom stereocenters. The van der Waals surface area contributed by atoms with E-state index >= 15 is 0 Å². The summed E-state index contributed by atoms with van der Waals surface area (Å²) in [5.41, 5.74) is 2.57. The minimum absolute atomic E-state index is 0.0771. The molecule has 0 saturated carbocycles. The quantitative estimate of drug-likeness (QED) is 0.711. The summed E-state index contributed by atoms with van der Waals surface area (Å²) < 4.78 is 0. The molecule has 4 nitrogen and oxygen atoms in total. The summed E-state index contributed by atoms with van der Waals surface area (Å²) in [5, 5.41) is 0. The molecule has 4 heteroatoms. The Balaban J connectivity index is 2.22. The summed E-state index contributed by atoms with van der Waals surface area (Å²) in [6, 6.07) is 0.241. The SMILES string of the molecule is CC1=N[C@@H](C)C(C)=C2CN(C(=O)C(C)C)CCN12. The Morgan fingerprint density at radius 1 is 1.33 bits per heavy atom. The zero-order chi connectivity index (χ0) is 13.4. The van der Waals surface area contributed by atoms with Crippen LogP contribution in [0.15, 0.2) is 16.3 Å². The van der Waals surface area contributed by atoms with Gasteiger partial charge in [0.1, 0.15) is 5.84 Å². The fraction of sp³-hybridized carbons (Fsp3) is 0.714. The molecule has 100 valence electrons. The van der Waals surface area contributed by atoms with Crippen LogP contribution in [-0.2, 0) is 4.79 Å². The van der Waals surface area contributed by atoms with Crippen molar-refractivity contribution >= 4 is 11.7 Å². The number of piperazine rings is 1. The molecule has 2 aliphatic rings. The van der Waals surface area contributed by atoms with Crippen LogP contribution in [0, 0.1) is 5.92 Å². The Kier molecular flexibility index (Phi) is 3.46. The van der Waals surface area contributed by atoms with Crippen molar-refractivity contribution in [2.45, 2.75) is 40.7 Å². The Morgan fingerprint density at radius 3 is 2.61 bits per heavy atom. The zero-order valence-electron chi connectivity index (χ0n) is 12.0. The van der Waals surface area contributed by atoms with E-state index in [-0.39, 0.29) is 17.9 Å². The topological polar surface area (TPSA) is 35.9 Å². The predicted molar refractivity (Wildman–Crippen MR) is 73.4 cm³/mol. The van der Waals surface area contributed by atoms with Gasteiger partial charge in [-0.15, -0.1) is 0 Å². The summed E-state index contributed by atoms with van der Waals surface area (Å²) in [6.45, 7) is 12.6. The molecule has 2 rings (SSSR count). The van der Waals surface area contributed by atoms with Crippen LogP contribution in [0.1, 0.15) is 34.6 Å². The number of amides is 1. The Bertz CT molecular complexity index is 423. The average Bonchev–Trinajstić information content (AvgIpc) is 2.34. The Morgan fingerprint density at radius 2 is 2.00 bits per heavy atom. The summed E-state index contributed by atoms with van der Waals surface area (Å²) in [6.07, 6.45) is 0. The molecule has 0 aromatic heterocycles. The lowest BCUT2D eigenvalue weighted by atomic mass is 10.0. The molecule has 1 saturated heterocycles. The van der Waals surface area contributed by atoms with Gasteiger partial charge in [-0.25, -0.2) is 0 Å². The maximum atomic E-state index is 12.1. The first-order valence-electron chi connectivity index (χ1n) is 6.72. The van der Waals surface area contributed by atoms with Gasteiger partial charge in [-0.2, -0.15) is 0 Å². The van der Waals surface area contributed by atoms with Crippen molar-refractivity contribution < 1.29 is 4.79 Å². The number of hydrogen-bond acceptors (Lipinski definition) is 3. The number of hydrogen-bond donors (Lipinski definition) is 0. The summed E-state index contributed by atoms with van der Waals surface area (Å²) in [7, 11) is 0. The van der Waals surface area contributed by atoms with E-state index in [0.717, 1.165) is 25.5 Å². The maximum absolute atomic E-state index is 12.1. The zero-order valence-corrected chi connectivity index (χ0v) is 12.0. The standard InChI is InChI=1S/C14H23N3O/c1-9(2)14(18)16-6-7-17-12(5)15-11(4)10(3)13(17)8-16/h9,11H,6-8H2,1-5H3/t11-/m0/s1. The molecule has 1 atom stereocenters. The molecule has 0 radical (unpaired) electrons. The molecule has 0 aromatic rings. The monoisotopic (exact) mass is 249 g/mol. The predicted octanol–water partition coefficient (Wildman–Crippen LogP) is 1.88. The summed E-state index contributed by atoms with van der Waals surface area (Å²) in [5.74, 6) is 1.41. The van der Waals surface area contributed by atoms with Gasteiger partial charge in [0.2, 0.25) is 5.91 Å². The van der Waals surface area contributed by atoms with Crippen LogP contribution in [0.2, 0.25) is 0 Å². The van der Waals surface area contributed by atoms with Gasteiger partial charge in [0.15, 0.2) is 0 Å². The van der Waals surface area contributed by atoms with E-state index in [2.05, 4.69) is 30.7 Å². The third-order valence-electron chi connectivity index (χ3n) is 3.92. The molecule has 2 aliphatic heterocycles. The van der Waals surface area contributed by atoms with Gasteiger partial charge in [-0.05, 0) is 26.3 Å². The second-order valence-electron chi connectivity index (χ2n) is 5.55. The van der Waals surface area contributed by atoms with Crippen LogP contribution in [0.4, 0.5) is 0 Å².